The molecule has 1 saturated heterocycles. The molecule has 2 atom stereocenters. The van der Waals surface area contributed by atoms with Gasteiger partial charge in [-0.3, -0.25) is 0 Å². The van der Waals surface area contributed by atoms with Crippen LogP contribution in [0.25, 0.3) is 0 Å². The summed E-state index contributed by atoms with van der Waals surface area (Å²) in [6.45, 7) is 3.49. The summed E-state index contributed by atoms with van der Waals surface area (Å²) in [6, 6.07) is 5.71. The van der Waals surface area contributed by atoms with Crippen molar-refractivity contribution in [3.05, 3.63) is 33.3 Å². The van der Waals surface area contributed by atoms with E-state index in [1.807, 2.05) is 25.1 Å². The molecule has 0 N–H and O–H groups in total. The van der Waals surface area contributed by atoms with E-state index in [9.17, 15) is 0 Å². The Hall–Kier alpha value is -0.0900. The van der Waals surface area contributed by atoms with Crippen molar-refractivity contribution in [1.82, 2.24) is 0 Å². The number of halogens is 2. The molecule has 0 amide bonds. The molecule has 0 saturated carbocycles. The number of hydrogen-bond acceptors (Lipinski definition) is 2. The minimum atomic E-state index is 0.0299. The highest BCUT2D eigenvalue weighted by atomic mass is 79.9. The monoisotopic (exact) mass is 290 g/mol. The molecule has 0 bridgehead atoms. The van der Waals surface area contributed by atoms with E-state index in [0.29, 0.717) is 12.7 Å². The lowest BCUT2D eigenvalue weighted by atomic mass is 10.1. The fraction of sp³-hybridized carbons (Fsp3) is 0.455. The van der Waals surface area contributed by atoms with Gasteiger partial charge in [0.25, 0.3) is 0 Å². The summed E-state index contributed by atoms with van der Waals surface area (Å²) in [6.07, 6.45) is 0.327. The smallest absolute Gasteiger partial charge is 0.104 e. The lowest BCUT2D eigenvalue weighted by Gasteiger charge is -2.14. The summed E-state index contributed by atoms with van der Waals surface area (Å²) in [5, 5.41) is 0.728. The van der Waals surface area contributed by atoms with Crippen LogP contribution in [0.15, 0.2) is 22.7 Å². The minimum Gasteiger partial charge on any atom is -0.371 e. The van der Waals surface area contributed by atoms with Gasteiger partial charge in [0.1, 0.15) is 6.10 Å². The molecule has 1 aromatic carbocycles. The second-order valence-electron chi connectivity index (χ2n) is 3.60. The average molecular weight is 292 g/mol. The second kappa shape index (κ2) is 4.83. The van der Waals surface area contributed by atoms with Crippen LogP contribution >= 0.6 is 27.5 Å². The van der Waals surface area contributed by atoms with Crippen LogP contribution in [0, 0.1) is 0 Å². The third kappa shape index (κ3) is 3.18. The zero-order valence-corrected chi connectivity index (χ0v) is 10.7. The quantitative estimate of drug-likeness (QED) is 0.791. The molecule has 0 radical (unpaired) electrons. The maximum atomic E-state index is 5.93. The van der Waals surface area contributed by atoms with Gasteiger partial charge in [0.15, 0.2) is 0 Å². The average Bonchev–Trinajstić information content (AvgIpc) is 3.02. The molecule has 1 aromatic rings. The van der Waals surface area contributed by atoms with E-state index in [-0.39, 0.29) is 6.10 Å². The highest BCUT2D eigenvalue weighted by molar-refractivity contribution is 9.10. The molecular formula is C11H12BrClO2. The third-order valence-electron chi connectivity index (χ3n) is 2.33. The van der Waals surface area contributed by atoms with Crippen molar-refractivity contribution in [2.75, 3.05) is 13.2 Å². The van der Waals surface area contributed by atoms with Gasteiger partial charge in [0.2, 0.25) is 0 Å². The Labute approximate surface area is 103 Å². The molecule has 0 aromatic heterocycles. The van der Waals surface area contributed by atoms with Gasteiger partial charge < -0.3 is 9.47 Å². The normalized spacial score (nSPS) is 21.4. The summed E-state index contributed by atoms with van der Waals surface area (Å²) in [4.78, 5) is 0. The SMILES string of the molecule is CC(OC[C@H]1CO1)c1cc(Cl)ccc1Br. The standard InChI is InChI=1S/C11H12BrClO2/c1-7(14-5-9-6-15-9)10-4-8(13)2-3-11(10)12/h2-4,7,9H,5-6H2,1H3/t7?,9-/m0/s1. The van der Waals surface area contributed by atoms with Crippen molar-refractivity contribution in [2.24, 2.45) is 0 Å². The molecule has 2 nitrogen and oxygen atoms in total. The van der Waals surface area contributed by atoms with Gasteiger partial charge in [-0.1, -0.05) is 27.5 Å². The number of rotatable bonds is 4. The Morgan fingerprint density at radius 3 is 3.07 bits per heavy atom. The van der Waals surface area contributed by atoms with Crippen LogP contribution in [-0.2, 0) is 9.47 Å². The molecule has 1 aliphatic rings. The van der Waals surface area contributed by atoms with Crippen molar-refractivity contribution in [3.63, 3.8) is 0 Å². The lowest BCUT2D eigenvalue weighted by molar-refractivity contribution is 0.0535. The summed E-state index contributed by atoms with van der Waals surface area (Å²) in [5.74, 6) is 0. The molecule has 1 fully saturated rings. The van der Waals surface area contributed by atoms with E-state index in [2.05, 4.69) is 15.9 Å². The lowest BCUT2D eigenvalue weighted by Crippen LogP contribution is -2.06. The Balaban J connectivity index is 2.02. The van der Waals surface area contributed by atoms with Gasteiger partial charge in [-0.15, -0.1) is 0 Å². The predicted molar refractivity (Wildman–Crippen MR) is 63.3 cm³/mol. The molecule has 82 valence electrons. The fourth-order valence-corrected chi connectivity index (χ4v) is 2.08. The number of epoxide rings is 1. The molecule has 1 unspecified atom stereocenters. The number of hydrogen-bond donors (Lipinski definition) is 0. The van der Waals surface area contributed by atoms with E-state index in [0.717, 1.165) is 21.7 Å². The van der Waals surface area contributed by atoms with Crippen LogP contribution in [0.2, 0.25) is 5.02 Å². The first kappa shape index (κ1) is 11.4. The largest absolute Gasteiger partial charge is 0.371 e. The zero-order valence-electron chi connectivity index (χ0n) is 8.37. The summed E-state index contributed by atoms with van der Waals surface area (Å²) >= 11 is 9.42. The fourth-order valence-electron chi connectivity index (χ4n) is 1.33. The molecule has 4 heteroatoms. The number of benzene rings is 1. The van der Waals surface area contributed by atoms with Crippen LogP contribution in [0.1, 0.15) is 18.6 Å². The maximum absolute atomic E-state index is 5.93. The van der Waals surface area contributed by atoms with Crippen molar-refractivity contribution in [1.29, 1.82) is 0 Å². The maximum Gasteiger partial charge on any atom is 0.104 e. The first-order valence-electron chi connectivity index (χ1n) is 4.85. The van der Waals surface area contributed by atoms with Gasteiger partial charge >= 0.3 is 0 Å². The van der Waals surface area contributed by atoms with E-state index < -0.39 is 0 Å². The zero-order chi connectivity index (χ0) is 10.8. The first-order chi connectivity index (χ1) is 7.16. The summed E-state index contributed by atoms with van der Waals surface area (Å²) in [5.41, 5.74) is 1.07. The van der Waals surface area contributed by atoms with Crippen molar-refractivity contribution >= 4 is 27.5 Å². The second-order valence-corrected chi connectivity index (χ2v) is 4.89. The molecule has 15 heavy (non-hydrogen) atoms. The van der Waals surface area contributed by atoms with Crippen molar-refractivity contribution in [2.45, 2.75) is 19.1 Å². The Kier molecular flexibility index (Phi) is 3.67. The van der Waals surface area contributed by atoms with Crippen LogP contribution in [0.4, 0.5) is 0 Å². The molecular weight excluding hydrogens is 279 g/mol. The van der Waals surface area contributed by atoms with E-state index in [1.165, 1.54) is 0 Å². The van der Waals surface area contributed by atoms with Gasteiger partial charge in [0.05, 0.1) is 19.3 Å². The summed E-state index contributed by atoms with van der Waals surface area (Å²) < 4.78 is 11.8. The van der Waals surface area contributed by atoms with Gasteiger partial charge in [-0.25, -0.2) is 0 Å². The molecule has 2 rings (SSSR count). The van der Waals surface area contributed by atoms with E-state index in [1.54, 1.807) is 0 Å². The van der Waals surface area contributed by atoms with Gasteiger partial charge in [-0.05, 0) is 30.7 Å². The molecule has 1 heterocycles. The van der Waals surface area contributed by atoms with Crippen LogP contribution in [-0.4, -0.2) is 19.3 Å². The Bertz CT molecular complexity index is 352. The van der Waals surface area contributed by atoms with E-state index in [4.69, 9.17) is 21.1 Å². The number of ether oxygens (including phenoxy) is 2. The van der Waals surface area contributed by atoms with Crippen LogP contribution < -0.4 is 0 Å². The van der Waals surface area contributed by atoms with Gasteiger partial charge in [0, 0.05) is 9.50 Å². The molecule has 0 aliphatic carbocycles. The van der Waals surface area contributed by atoms with Crippen molar-refractivity contribution < 1.29 is 9.47 Å². The highest BCUT2D eigenvalue weighted by Gasteiger charge is 2.24. The van der Waals surface area contributed by atoms with E-state index >= 15 is 0 Å². The predicted octanol–water partition coefficient (Wildman–Crippen LogP) is 3.58. The van der Waals surface area contributed by atoms with Gasteiger partial charge in [-0.2, -0.15) is 0 Å². The highest BCUT2D eigenvalue weighted by Crippen LogP contribution is 2.29. The topological polar surface area (TPSA) is 21.8 Å². The van der Waals surface area contributed by atoms with Crippen LogP contribution in [0.3, 0.4) is 0 Å². The van der Waals surface area contributed by atoms with Crippen molar-refractivity contribution in [3.8, 4) is 0 Å². The Morgan fingerprint density at radius 2 is 2.40 bits per heavy atom. The third-order valence-corrected chi connectivity index (χ3v) is 3.29. The summed E-state index contributed by atoms with van der Waals surface area (Å²) in [7, 11) is 0. The molecule has 0 spiro atoms. The Morgan fingerprint density at radius 1 is 1.67 bits per heavy atom. The molecule has 1 aliphatic heterocycles. The van der Waals surface area contributed by atoms with Crippen LogP contribution in [0.5, 0.6) is 0 Å². The minimum absolute atomic E-state index is 0.0299. The first-order valence-corrected chi connectivity index (χ1v) is 6.02.